The smallest absolute Gasteiger partial charge is 0.152 e. The molecule has 0 atom stereocenters. The average molecular weight is 195 g/mol. The summed E-state index contributed by atoms with van der Waals surface area (Å²) in [5.74, 6) is 0. The third-order valence-electron chi connectivity index (χ3n) is 1.62. The van der Waals surface area contributed by atoms with Gasteiger partial charge in [-0.15, -0.1) is 0 Å². The normalized spacial score (nSPS) is 9.31. The van der Waals surface area contributed by atoms with Crippen LogP contribution in [0.2, 0.25) is 5.15 Å². The zero-order valence-electron chi connectivity index (χ0n) is 6.31. The summed E-state index contributed by atoms with van der Waals surface area (Å²) in [4.78, 5) is 3.98. The summed E-state index contributed by atoms with van der Waals surface area (Å²) < 4.78 is 1.93. The molecule has 2 aromatic heterocycles. The number of halogens is 1. The molecule has 0 saturated heterocycles. The first-order chi connectivity index (χ1) is 5.88. The van der Waals surface area contributed by atoms with Crippen LogP contribution in [0.4, 0.5) is 0 Å². The molecule has 2 rings (SSSR count). The lowest BCUT2D eigenvalue weighted by Gasteiger charge is -2.02. The van der Waals surface area contributed by atoms with Gasteiger partial charge < -0.3 is 4.57 Å². The lowest BCUT2D eigenvalue weighted by molar-refractivity contribution is 1.06. The Kier molecular flexibility index (Phi) is 3.09. The first kappa shape index (κ1) is 9.81. The van der Waals surface area contributed by atoms with Gasteiger partial charge in [-0.25, -0.2) is 4.98 Å². The Morgan fingerprint density at radius 3 is 2.46 bits per heavy atom. The van der Waals surface area contributed by atoms with Crippen LogP contribution in [0.3, 0.4) is 0 Å². The summed E-state index contributed by atoms with van der Waals surface area (Å²) in [6.07, 6.45) is 5.54. The van der Waals surface area contributed by atoms with E-state index in [4.69, 9.17) is 11.6 Å². The molecule has 0 N–H and O–H groups in total. The lowest BCUT2D eigenvalue weighted by atomic mass is 10.4. The van der Waals surface area contributed by atoms with Crippen molar-refractivity contribution in [2.45, 2.75) is 7.43 Å². The molecule has 2 aromatic rings. The van der Waals surface area contributed by atoms with Crippen molar-refractivity contribution in [3.05, 3.63) is 48.0 Å². The van der Waals surface area contributed by atoms with Gasteiger partial charge in [0, 0.05) is 18.6 Å². The fraction of sp³-hybridized carbons (Fsp3) is 0.100. The molecule has 3 heteroatoms. The van der Waals surface area contributed by atoms with Gasteiger partial charge >= 0.3 is 0 Å². The van der Waals surface area contributed by atoms with Crippen LogP contribution in [0.25, 0.3) is 5.69 Å². The van der Waals surface area contributed by atoms with E-state index in [0.29, 0.717) is 5.15 Å². The van der Waals surface area contributed by atoms with Crippen molar-refractivity contribution >= 4 is 11.6 Å². The minimum atomic E-state index is 0. The van der Waals surface area contributed by atoms with Gasteiger partial charge in [-0.1, -0.05) is 19.0 Å². The van der Waals surface area contributed by atoms with E-state index in [9.17, 15) is 0 Å². The summed E-state index contributed by atoms with van der Waals surface area (Å²) >= 11 is 5.88. The first-order valence-corrected chi connectivity index (χ1v) is 3.99. The van der Waals surface area contributed by atoms with Crippen molar-refractivity contribution in [1.29, 1.82) is 0 Å². The van der Waals surface area contributed by atoms with Gasteiger partial charge in [0.15, 0.2) is 5.15 Å². The fourth-order valence-electron chi connectivity index (χ4n) is 1.07. The molecule has 0 fully saturated rings. The highest BCUT2D eigenvalue weighted by atomic mass is 35.5. The predicted molar refractivity (Wildman–Crippen MR) is 55.3 cm³/mol. The largest absolute Gasteiger partial charge is 0.321 e. The maximum Gasteiger partial charge on any atom is 0.152 e. The predicted octanol–water partition coefficient (Wildman–Crippen LogP) is 3.16. The molecule has 0 saturated carbocycles. The summed E-state index contributed by atoms with van der Waals surface area (Å²) in [6.45, 7) is 0. The molecule has 0 aliphatic carbocycles. The van der Waals surface area contributed by atoms with Gasteiger partial charge in [0.1, 0.15) is 0 Å². The van der Waals surface area contributed by atoms with Crippen LogP contribution in [0.15, 0.2) is 42.9 Å². The second-order valence-electron chi connectivity index (χ2n) is 2.40. The molecule has 0 bridgehead atoms. The van der Waals surface area contributed by atoms with Crippen LogP contribution in [0.1, 0.15) is 7.43 Å². The standard InChI is InChI=1S/C9H7ClN2.CH4/c10-9-8(4-3-5-11-9)12-6-1-2-7-12;/h1-7H;1H4. The quantitative estimate of drug-likeness (QED) is 0.638. The van der Waals surface area contributed by atoms with Crippen molar-refractivity contribution in [3.63, 3.8) is 0 Å². The maximum absolute atomic E-state index is 5.88. The van der Waals surface area contributed by atoms with Crippen molar-refractivity contribution in [3.8, 4) is 5.69 Å². The second-order valence-corrected chi connectivity index (χ2v) is 2.76. The Balaban J connectivity index is 0.000000845. The molecule has 2 nitrogen and oxygen atoms in total. The molecular formula is C10H11ClN2. The average Bonchev–Trinajstić information content (AvgIpc) is 2.57. The Labute approximate surface area is 82.8 Å². The van der Waals surface area contributed by atoms with Crippen molar-refractivity contribution in [2.75, 3.05) is 0 Å². The van der Waals surface area contributed by atoms with E-state index in [0.717, 1.165) is 5.69 Å². The SMILES string of the molecule is C.Clc1ncccc1-n1cccc1. The summed E-state index contributed by atoms with van der Waals surface area (Å²) in [7, 11) is 0. The van der Waals surface area contributed by atoms with Gasteiger partial charge in [0.2, 0.25) is 0 Å². The Hall–Kier alpha value is -1.28. The van der Waals surface area contributed by atoms with Crippen molar-refractivity contribution in [1.82, 2.24) is 9.55 Å². The van der Waals surface area contributed by atoms with Crippen molar-refractivity contribution in [2.24, 2.45) is 0 Å². The Morgan fingerprint density at radius 2 is 1.85 bits per heavy atom. The molecule has 0 aromatic carbocycles. The topological polar surface area (TPSA) is 17.8 Å². The van der Waals surface area contributed by atoms with Crippen LogP contribution in [-0.4, -0.2) is 9.55 Å². The number of pyridine rings is 1. The Morgan fingerprint density at radius 1 is 1.15 bits per heavy atom. The van der Waals surface area contributed by atoms with Crippen LogP contribution in [0, 0.1) is 0 Å². The fourth-order valence-corrected chi connectivity index (χ4v) is 1.28. The number of hydrogen-bond acceptors (Lipinski definition) is 1. The van der Waals surface area contributed by atoms with Gasteiger partial charge in [-0.3, -0.25) is 0 Å². The van der Waals surface area contributed by atoms with E-state index in [1.54, 1.807) is 6.20 Å². The van der Waals surface area contributed by atoms with E-state index in [1.165, 1.54) is 0 Å². The zero-order chi connectivity index (χ0) is 8.39. The molecule has 68 valence electrons. The molecular weight excluding hydrogens is 184 g/mol. The lowest BCUT2D eigenvalue weighted by Crippen LogP contribution is -1.91. The van der Waals surface area contributed by atoms with Gasteiger partial charge in [0.05, 0.1) is 5.69 Å². The maximum atomic E-state index is 5.88. The number of aromatic nitrogens is 2. The van der Waals surface area contributed by atoms with Gasteiger partial charge in [-0.05, 0) is 24.3 Å². The molecule has 0 amide bonds. The van der Waals surface area contributed by atoms with Crippen LogP contribution < -0.4 is 0 Å². The molecule has 0 aliphatic rings. The van der Waals surface area contributed by atoms with E-state index in [-0.39, 0.29) is 7.43 Å². The Bertz CT molecular complexity index is 368. The van der Waals surface area contributed by atoms with Crippen LogP contribution in [0.5, 0.6) is 0 Å². The molecule has 0 spiro atoms. The van der Waals surface area contributed by atoms with Crippen LogP contribution in [-0.2, 0) is 0 Å². The third kappa shape index (κ3) is 1.90. The summed E-state index contributed by atoms with van der Waals surface area (Å²) in [5.41, 5.74) is 0.907. The molecule has 0 radical (unpaired) electrons. The highest BCUT2D eigenvalue weighted by Crippen LogP contribution is 2.16. The summed E-state index contributed by atoms with van der Waals surface area (Å²) in [5, 5.41) is 0.522. The first-order valence-electron chi connectivity index (χ1n) is 3.62. The molecule has 0 aliphatic heterocycles. The highest BCUT2D eigenvalue weighted by molar-refractivity contribution is 6.31. The number of nitrogens with zero attached hydrogens (tertiary/aromatic N) is 2. The monoisotopic (exact) mass is 194 g/mol. The molecule has 2 heterocycles. The highest BCUT2D eigenvalue weighted by Gasteiger charge is 1.99. The van der Waals surface area contributed by atoms with Crippen molar-refractivity contribution < 1.29 is 0 Å². The van der Waals surface area contributed by atoms with Crippen LogP contribution >= 0.6 is 11.6 Å². The number of hydrogen-bond donors (Lipinski definition) is 0. The summed E-state index contributed by atoms with van der Waals surface area (Å²) in [6, 6.07) is 7.68. The zero-order valence-corrected chi connectivity index (χ0v) is 7.07. The van der Waals surface area contributed by atoms with Gasteiger partial charge in [-0.2, -0.15) is 0 Å². The van der Waals surface area contributed by atoms with Gasteiger partial charge in [0.25, 0.3) is 0 Å². The molecule has 13 heavy (non-hydrogen) atoms. The minimum Gasteiger partial charge on any atom is -0.321 e. The van der Waals surface area contributed by atoms with E-state index < -0.39 is 0 Å². The second kappa shape index (κ2) is 4.10. The van der Waals surface area contributed by atoms with E-state index in [2.05, 4.69) is 4.98 Å². The van der Waals surface area contributed by atoms with E-state index >= 15 is 0 Å². The minimum absolute atomic E-state index is 0. The molecule has 0 unspecified atom stereocenters. The van der Waals surface area contributed by atoms with E-state index in [1.807, 2.05) is 41.2 Å². The number of rotatable bonds is 1. The third-order valence-corrected chi connectivity index (χ3v) is 1.91.